The van der Waals surface area contributed by atoms with Crippen LogP contribution in [0.3, 0.4) is 0 Å². The van der Waals surface area contributed by atoms with Gasteiger partial charge in [0.05, 0.1) is 26.4 Å². The van der Waals surface area contributed by atoms with Gasteiger partial charge in [-0.15, -0.1) is 0 Å². The largest absolute Gasteiger partial charge is 0.424 e. The van der Waals surface area contributed by atoms with Crippen molar-refractivity contribution >= 4 is 48.8 Å². The van der Waals surface area contributed by atoms with Crippen molar-refractivity contribution in [2.24, 2.45) is 0 Å². The lowest BCUT2D eigenvalue weighted by atomic mass is 10.3. The van der Waals surface area contributed by atoms with Crippen LogP contribution >= 0.6 is 25.2 Å². The van der Waals surface area contributed by atoms with Gasteiger partial charge >= 0.3 is 13.4 Å². The van der Waals surface area contributed by atoms with Crippen molar-refractivity contribution in [2.45, 2.75) is 37.5 Å². The van der Waals surface area contributed by atoms with Gasteiger partial charge in [-0.1, -0.05) is 11.8 Å². The van der Waals surface area contributed by atoms with Crippen molar-refractivity contribution in [3.8, 4) is 11.5 Å². The molecular formula is C20H28O6P2S3. The van der Waals surface area contributed by atoms with Gasteiger partial charge in [0.1, 0.15) is 11.5 Å². The molecule has 0 fully saturated rings. The van der Waals surface area contributed by atoms with E-state index in [1.165, 1.54) is 0 Å². The Bertz CT molecular complexity index is 799. The van der Waals surface area contributed by atoms with Crippen molar-refractivity contribution in [3.05, 3.63) is 48.5 Å². The third-order valence-corrected chi connectivity index (χ3v) is 9.36. The van der Waals surface area contributed by atoms with Crippen LogP contribution in [-0.4, -0.2) is 26.4 Å². The molecule has 0 atom stereocenters. The first-order chi connectivity index (χ1) is 14.8. The van der Waals surface area contributed by atoms with Crippen molar-refractivity contribution in [1.29, 1.82) is 0 Å². The molecule has 0 aliphatic carbocycles. The molecule has 0 aromatic heterocycles. The Balaban J connectivity index is 2.00. The highest BCUT2D eigenvalue weighted by Gasteiger charge is 2.22. The summed E-state index contributed by atoms with van der Waals surface area (Å²) in [4.78, 5) is 2.10. The fourth-order valence-corrected chi connectivity index (χ4v) is 7.33. The fourth-order valence-electron chi connectivity index (χ4n) is 2.34. The van der Waals surface area contributed by atoms with Crippen molar-refractivity contribution in [3.63, 3.8) is 0 Å². The third kappa shape index (κ3) is 9.12. The first-order valence-corrected chi connectivity index (χ1v) is 15.8. The first kappa shape index (κ1) is 26.8. The molecule has 2 rings (SSSR count). The second-order valence-corrected chi connectivity index (χ2v) is 12.8. The molecule has 11 heteroatoms. The topological polar surface area (TPSA) is 55.4 Å². The average Bonchev–Trinajstić information content (AvgIpc) is 2.71. The van der Waals surface area contributed by atoms with Gasteiger partial charge < -0.3 is 9.05 Å². The Kier molecular flexibility index (Phi) is 11.5. The Morgan fingerprint density at radius 2 is 0.871 bits per heavy atom. The summed E-state index contributed by atoms with van der Waals surface area (Å²) >= 11 is 12.4. The molecule has 2 aromatic rings. The van der Waals surface area contributed by atoms with Crippen LogP contribution in [0.1, 0.15) is 27.7 Å². The molecule has 6 nitrogen and oxygen atoms in total. The van der Waals surface area contributed by atoms with Gasteiger partial charge in [-0.05, 0) is 76.2 Å². The monoisotopic (exact) mass is 522 g/mol. The van der Waals surface area contributed by atoms with Gasteiger partial charge in [0.2, 0.25) is 0 Å². The zero-order valence-electron chi connectivity index (χ0n) is 18.0. The number of benzene rings is 2. The number of rotatable bonds is 14. The normalized spacial score (nSPS) is 12.0. The van der Waals surface area contributed by atoms with Gasteiger partial charge in [0.15, 0.2) is 0 Å². The van der Waals surface area contributed by atoms with E-state index in [1.807, 2.05) is 76.2 Å². The summed E-state index contributed by atoms with van der Waals surface area (Å²) in [7, 11) is 0. The van der Waals surface area contributed by atoms with Gasteiger partial charge in [-0.25, -0.2) is 0 Å². The molecule has 0 saturated heterocycles. The molecule has 0 heterocycles. The Morgan fingerprint density at radius 1 is 0.581 bits per heavy atom. The SMILES string of the molecule is CCOP(=S)(OCC)Oc1ccc(Sc2ccc(OP(=S)(OCC)OCC)cc2)cc1. The first-order valence-electron chi connectivity index (χ1n) is 9.90. The van der Waals surface area contributed by atoms with Gasteiger partial charge in [-0.2, -0.15) is 0 Å². The minimum absolute atomic E-state index is 0.439. The Labute approximate surface area is 199 Å². The average molecular weight is 523 g/mol. The summed E-state index contributed by atoms with van der Waals surface area (Å²) in [5.74, 6) is 1.24. The smallest absolute Gasteiger partial charge is 0.380 e. The van der Waals surface area contributed by atoms with Crippen molar-refractivity contribution in [1.82, 2.24) is 0 Å². The summed E-state index contributed by atoms with van der Waals surface area (Å²) < 4.78 is 33.7. The molecule has 0 radical (unpaired) electrons. The van der Waals surface area contributed by atoms with E-state index >= 15 is 0 Å². The Morgan fingerprint density at radius 3 is 1.13 bits per heavy atom. The van der Waals surface area contributed by atoms with Crippen LogP contribution in [0.15, 0.2) is 58.3 Å². The van der Waals surface area contributed by atoms with Crippen LogP contribution in [-0.2, 0) is 41.7 Å². The zero-order chi connectivity index (χ0) is 22.7. The minimum atomic E-state index is -2.77. The van der Waals surface area contributed by atoms with E-state index in [0.717, 1.165) is 9.79 Å². The standard InChI is InChI=1S/C20H28O6P2S3/c1-5-21-27(29,22-6-2)25-17-9-13-19(14-10-17)31-20-15-11-18(12-16-20)26-28(30,23-7-3)24-8-4/h9-16H,5-8H2,1-4H3. The van der Waals surface area contributed by atoms with E-state index in [0.29, 0.717) is 37.9 Å². The number of hydrogen-bond acceptors (Lipinski definition) is 9. The van der Waals surface area contributed by atoms with Gasteiger partial charge in [0, 0.05) is 33.4 Å². The molecule has 172 valence electrons. The lowest BCUT2D eigenvalue weighted by molar-refractivity contribution is 0.217. The highest BCUT2D eigenvalue weighted by molar-refractivity contribution is 8.08. The lowest BCUT2D eigenvalue weighted by Gasteiger charge is -2.21. The van der Waals surface area contributed by atoms with E-state index in [1.54, 1.807) is 11.8 Å². The van der Waals surface area contributed by atoms with Gasteiger partial charge in [-0.3, -0.25) is 18.1 Å². The van der Waals surface area contributed by atoms with Gasteiger partial charge in [0.25, 0.3) is 0 Å². The van der Waals surface area contributed by atoms with E-state index in [4.69, 9.17) is 50.8 Å². The predicted octanol–water partition coefficient (Wildman–Crippen LogP) is 7.19. The molecule has 31 heavy (non-hydrogen) atoms. The third-order valence-electron chi connectivity index (χ3n) is 3.47. The molecule has 0 aliphatic rings. The van der Waals surface area contributed by atoms with E-state index in [2.05, 4.69) is 0 Å². The zero-order valence-corrected chi connectivity index (χ0v) is 22.3. The molecule has 0 amide bonds. The van der Waals surface area contributed by atoms with Crippen LogP contribution in [0.25, 0.3) is 0 Å². The van der Waals surface area contributed by atoms with Crippen LogP contribution in [0.2, 0.25) is 0 Å². The summed E-state index contributed by atoms with van der Waals surface area (Å²) in [6, 6.07) is 15.3. The molecule has 0 saturated carbocycles. The minimum Gasteiger partial charge on any atom is -0.424 e. The molecule has 0 bridgehead atoms. The highest BCUT2D eigenvalue weighted by Crippen LogP contribution is 2.51. The number of hydrogen-bond donors (Lipinski definition) is 0. The highest BCUT2D eigenvalue weighted by atomic mass is 32.5. The second-order valence-electron chi connectivity index (χ2n) is 5.79. The van der Waals surface area contributed by atoms with E-state index in [9.17, 15) is 0 Å². The molecule has 0 aliphatic heterocycles. The maximum atomic E-state index is 5.82. The molecule has 0 N–H and O–H groups in total. The fraction of sp³-hybridized carbons (Fsp3) is 0.400. The molecule has 2 aromatic carbocycles. The van der Waals surface area contributed by atoms with Crippen LogP contribution in [0.4, 0.5) is 0 Å². The molecule has 0 unspecified atom stereocenters. The predicted molar refractivity (Wildman–Crippen MR) is 133 cm³/mol. The summed E-state index contributed by atoms with van der Waals surface area (Å²) in [6.07, 6.45) is 0. The molecule has 0 spiro atoms. The van der Waals surface area contributed by atoms with Crippen LogP contribution in [0.5, 0.6) is 11.5 Å². The van der Waals surface area contributed by atoms with E-state index in [-0.39, 0.29) is 0 Å². The summed E-state index contributed by atoms with van der Waals surface area (Å²) in [5, 5.41) is 0. The second kappa shape index (κ2) is 13.3. The van der Waals surface area contributed by atoms with Crippen molar-refractivity contribution < 1.29 is 27.1 Å². The van der Waals surface area contributed by atoms with Crippen LogP contribution in [0, 0.1) is 0 Å². The Hall–Kier alpha value is -0.470. The van der Waals surface area contributed by atoms with E-state index < -0.39 is 13.4 Å². The molecular weight excluding hydrogens is 494 g/mol. The lowest BCUT2D eigenvalue weighted by Crippen LogP contribution is -2.02. The van der Waals surface area contributed by atoms with Crippen LogP contribution < -0.4 is 9.05 Å². The maximum Gasteiger partial charge on any atom is 0.380 e. The maximum absolute atomic E-state index is 5.82. The summed E-state index contributed by atoms with van der Waals surface area (Å²) in [6.45, 7) is 3.68. The quantitative estimate of drug-likeness (QED) is 0.240. The summed E-state index contributed by atoms with van der Waals surface area (Å²) in [5.41, 5.74) is 0. The van der Waals surface area contributed by atoms with Crippen molar-refractivity contribution in [2.75, 3.05) is 26.4 Å².